The second-order valence-electron chi connectivity index (χ2n) is 6.55. The second-order valence-corrected chi connectivity index (χ2v) is 8.09. The minimum atomic E-state index is -5.66. The van der Waals surface area contributed by atoms with Gasteiger partial charge in [-0.05, 0) is 12.8 Å². The van der Waals surface area contributed by atoms with E-state index in [2.05, 4.69) is 11.1 Å². The van der Waals surface area contributed by atoms with Crippen molar-refractivity contribution in [1.82, 2.24) is 4.57 Å². The molecule has 0 aliphatic rings. The number of halogens is 3. The zero-order valence-corrected chi connectivity index (χ0v) is 16.4. The van der Waals surface area contributed by atoms with Crippen LogP contribution >= 0.6 is 0 Å². The molecule has 1 aromatic heterocycles. The summed E-state index contributed by atoms with van der Waals surface area (Å²) in [5, 5.41) is 0. The van der Waals surface area contributed by atoms with E-state index in [0.717, 1.165) is 25.7 Å². The van der Waals surface area contributed by atoms with Crippen molar-refractivity contribution in [2.24, 2.45) is 7.05 Å². The van der Waals surface area contributed by atoms with Crippen molar-refractivity contribution in [2.45, 2.75) is 83.2 Å². The van der Waals surface area contributed by atoms with Gasteiger partial charge in [-0.2, -0.15) is 30.7 Å². The Hall–Kier alpha value is -1.25. The SMILES string of the molecule is CCCCCCCCCCCCn1cc[n+](C)c1OS(=O)(=O)C(F)(F)F. The molecule has 1 aromatic rings. The summed E-state index contributed by atoms with van der Waals surface area (Å²) >= 11 is 0. The van der Waals surface area contributed by atoms with E-state index in [4.69, 9.17) is 0 Å². The molecular formula is C17H30F3N2O3S+. The average Bonchev–Trinajstić information content (AvgIpc) is 2.88. The van der Waals surface area contributed by atoms with Crippen LogP contribution in [0.2, 0.25) is 0 Å². The lowest BCUT2D eigenvalue weighted by molar-refractivity contribution is -0.674. The zero-order chi connectivity index (χ0) is 19.6. The molecule has 26 heavy (non-hydrogen) atoms. The molecule has 0 amide bonds. The third kappa shape index (κ3) is 7.55. The molecule has 0 saturated heterocycles. The summed E-state index contributed by atoms with van der Waals surface area (Å²) < 4.78 is 66.7. The first-order valence-electron chi connectivity index (χ1n) is 9.24. The highest BCUT2D eigenvalue weighted by Crippen LogP contribution is 2.25. The number of aryl methyl sites for hydroxylation is 2. The summed E-state index contributed by atoms with van der Waals surface area (Å²) in [6.07, 6.45) is 14.5. The summed E-state index contributed by atoms with van der Waals surface area (Å²) in [6, 6.07) is -0.335. The monoisotopic (exact) mass is 399 g/mol. The second kappa shape index (κ2) is 10.8. The van der Waals surface area contributed by atoms with Crippen molar-refractivity contribution < 1.29 is 30.3 Å². The number of hydrogen-bond acceptors (Lipinski definition) is 3. The normalized spacial score (nSPS) is 12.5. The molecule has 0 radical (unpaired) electrons. The highest BCUT2D eigenvalue weighted by Gasteiger charge is 2.50. The van der Waals surface area contributed by atoms with E-state index in [1.807, 2.05) is 0 Å². The van der Waals surface area contributed by atoms with E-state index in [9.17, 15) is 21.6 Å². The number of aromatic nitrogens is 2. The van der Waals surface area contributed by atoms with Gasteiger partial charge in [-0.3, -0.25) is 0 Å². The molecular weight excluding hydrogens is 369 g/mol. The average molecular weight is 399 g/mol. The van der Waals surface area contributed by atoms with Gasteiger partial charge in [0.1, 0.15) is 12.4 Å². The maximum absolute atomic E-state index is 12.5. The van der Waals surface area contributed by atoms with Gasteiger partial charge >= 0.3 is 21.6 Å². The molecule has 0 N–H and O–H groups in total. The van der Waals surface area contributed by atoms with E-state index in [0.29, 0.717) is 6.54 Å². The van der Waals surface area contributed by atoms with Crippen LogP contribution in [0.25, 0.3) is 0 Å². The molecule has 1 heterocycles. The van der Waals surface area contributed by atoms with Crippen LogP contribution in [-0.4, -0.2) is 18.5 Å². The van der Waals surface area contributed by atoms with Crippen LogP contribution in [0.5, 0.6) is 6.01 Å². The molecule has 0 unspecified atom stereocenters. The van der Waals surface area contributed by atoms with E-state index in [-0.39, 0.29) is 6.01 Å². The highest BCUT2D eigenvalue weighted by molar-refractivity contribution is 7.87. The Morgan fingerprint density at radius 2 is 1.50 bits per heavy atom. The predicted molar refractivity (Wildman–Crippen MR) is 93.1 cm³/mol. The van der Waals surface area contributed by atoms with Crippen molar-refractivity contribution in [2.75, 3.05) is 0 Å². The molecule has 5 nitrogen and oxygen atoms in total. The molecule has 0 fully saturated rings. The molecule has 0 bridgehead atoms. The third-order valence-corrected chi connectivity index (χ3v) is 5.17. The summed E-state index contributed by atoms with van der Waals surface area (Å²) in [5.74, 6) is 0. The molecule has 0 saturated carbocycles. The summed E-state index contributed by atoms with van der Waals surface area (Å²) in [5.41, 5.74) is -5.44. The van der Waals surface area contributed by atoms with Crippen LogP contribution in [0.15, 0.2) is 12.4 Å². The standard InChI is InChI=1S/C17H30F3N2O3S/c1-3-4-5-6-7-8-9-10-11-12-13-22-15-14-21(2)16(22)25-26(23,24)17(18,19)20/h14-15H,3-13H2,1-2H3/q+1. The van der Waals surface area contributed by atoms with E-state index in [1.54, 1.807) is 0 Å². The third-order valence-electron chi connectivity index (χ3n) is 4.24. The van der Waals surface area contributed by atoms with Crippen LogP contribution in [0.1, 0.15) is 71.1 Å². The Labute approximate surface area is 154 Å². The Bertz CT molecular complexity index is 628. The number of nitrogens with zero attached hydrogens (tertiary/aromatic N) is 2. The lowest BCUT2D eigenvalue weighted by Gasteiger charge is -2.08. The quantitative estimate of drug-likeness (QED) is 0.213. The lowest BCUT2D eigenvalue weighted by Crippen LogP contribution is -2.36. The van der Waals surface area contributed by atoms with E-state index < -0.39 is 15.6 Å². The molecule has 1 rings (SSSR count). The molecule has 9 heteroatoms. The fourth-order valence-electron chi connectivity index (χ4n) is 2.70. The van der Waals surface area contributed by atoms with Crippen molar-refractivity contribution in [3.8, 4) is 6.01 Å². The van der Waals surface area contributed by atoms with Crippen LogP contribution in [0.3, 0.4) is 0 Å². The van der Waals surface area contributed by atoms with Crippen LogP contribution < -0.4 is 8.75 Å². The minimum absolute atomic E-state index is 0.335. The van der Waals surface area contributed by atoms with Gasteiger partial charge in [0, 0.05) is 0 Å². The van der Waals surface area contributed by atoms with E-state index >= 15 is 0 Å². The number of alkyl halides is 3. The van der Waals surface area contributed by atoms with Gasteiger partial charge in [0.15, 0.2) is 0 Å². The van der Waals surface area contributed by atoms with Crippen LogP contribution in [0, 0.1) is 0 Å². The van der Waals surface area contributed by atoms with Crippen molar-refractivity contribution in [3.05, 3.63) is 12.4 Å². The van der Waals surface area contributed by atoms with Crippen LogP contribution in [-0.2, 0) is 23.7 Å². The summed E-state index contributed by atoms with van der Waals surface area (Å²) in [7, 11) is -4.22. The number of hydrogen-bond donors (Lipinski definition) is 0. The largest absolute Gasteiger partial charge is 0.534 e. The minimum Gasteiger partial charge on any atom is -0.302 e. The Morgan fingerprint density at radius 3 is 2.00 bits per heavy atom. The van der Waals surface area contributed by atoms with Gasteiger partial charge in [0.05, 0.1) is 13.6 Å². The zero-order valence-electron chi connectivity index (χ0n) is 15.6. The molecule has 0 aromatic carbocycles. The van der Waals surface area contributed by atoms with Gasteiger partial charge in [-0.15, -0.1) is 0 Å². The van der Waals surface area contributed by atoms with Crippen molar-refractivity contribution in [3.63, 3.8) is 0 Å². The van der Waals surface area contributed by atoms with Crippen LogP contribution in [0.4, 0.5) is 13.2 Å². The Balaban J connectivity index is 2.34. The summed E-state index contributed by atoms with van der Waals surface area (Å²) in [6.45, 7) is 2.61. The van der Waals surface area contributed by atoms with Gasteiger partial charge < -0.3 is 4.18 Å². The first kappa shape index (κ1) is 22.8. The molecule has 0 aliphatic heterocycles. The van der Waals surface area contributed by atoms with Gasteiger partial charge in [0.2, 0.25) is 0 Å². The van der Waals surface area contributed by atoms with Gasteiger partial charge in [-0.1, -0.05) is 58.3 Å². The lowest BCUT2D eigenvalue weighted by atomic mass is 10.1. The highest BCUT2D eigenvalue weighted by atomic mass is 32.2. The first-order chi connectivity index (χ1) is 12.2. The Kier molecular flexibility index (Phi) is 9.46. The van der Waals surface area contributed by atoms with Crippen molar-refractivity contribution in [1.29, 1.82) is 0 Å². The topological polar surface area (TPSA) is 52.2 Å². The summed E-state index contributed by atoms with van der Waals surface area (Å²) in [4.78, 5) is 0. The maximum Gasteiger partial charge on any atom is 0.534 e. The first-order valence-corrected chi connectivity index (χ1v) is 10.7. The number of unbranched alkanes of at least 4 members (excludes halogenated alkanes) is 9. The predicted octanol–water partition coefficient (Wildman–Crippen LogP) is 4.46. The number of imidazole rings is 1. The smallest absolute Gasteiger partial charge is 0.302 e. The molecule has 152 valence electrons. The molecule has 0 atom stereocenters. The fourth-order valence-corrected chi connectivity index (χ4v) is 3.21. The van der Waals surface area contributed by atoms with Gasteiger partial charge in [-0.25, -0.2) is 0 Å². The van der Waals surface area contributed by atoms with Gasteiger partial charge in [0.25, 0.3) is 0 Å². The maximum atomic E-state index is 12.5. The fraction of sp³-hybridized carbons (Fsp3) is 0.824. The number of rotatable bonds is 13. The molecule has 0 spiro atoms. The van der Waals surface area contributed by atoms with Crippen molar-refractivity contribution >= 4 is 10.1 Å². The Morgan fingerprint density at radius 1 is 1.00 bits per heavy atom. The molecule has 0 aliphatic carbocycles. The van der Waals surface area contributed by atoms with E-state index in [1.165, 1.54) is 67.1 Å².